The highest BCUT2D eigenvalue weighted by Crippen LogP contribution is 2.39. The summed E-state index contributed by atoms with van der Waals surface area (Å²) >= 11 is 0. The SMILES string of the molecule is CCOc1cccc(C2C(CN)OCCN2C2CC2)c1. The van der Waals surface area contributed by atoms with Crippen molar-refractivity contribution >= 4 is 0 Å². The van der Waals surface area contributed by atoms with Gasteiger partial charge in [-0.2, -0.15) is 0 Å². The van der Waals surface area contributed by atoms with Crippen LogP contribution in [0.1, 0.15) is 31.4 Å². The predicted molar refractivity (Wildman–Crippen MR) is 78.9 cm³/mol. The van der Waals surface area contributed by atoms with Gasteiger partial charge in [-0.05, 0) is 37.5 Å². The first-order valence-corrected chi connectivity index (χ1v) is 7.63. The van der Waals surface area contributed by atoms with Crippen LogP contribution in [0.2, 0.25) is 0 Å². The molecule has 0 aromatic heterocycles. The molecule has 1 aromatic carbocycles. The van der Waals surface area contributed by atoms with Crippen molar-refractivity contribution < 1.29 is 9.47 Å². The van der Waals surface area contributed by atoms with Gasteiger partial charge in [0.2, 0.25) is 0 Å². The quantitative estimate of drug-likeness (QED) is 0.893. The molecule has 0 radical (unpaired) electrons. The van der Waals surface area contributed by atoms with Crippen LogP contribution in [0.15, 0.2) is 24.3 Å². The highest BCUT2D eigenvalue weighted by atomic mass is 16.5. The summed E-state index contributed by atoms with van der Waals surface area (Å²) in [4.78, 5) is 2.58. The molecule has 3 rings (SSSR count). The molecule has 20 heavy (non-hydrogen) atoms. The van der Waals surface area contributed by atoms with E-state index in [4.69, 9.17) is 15.2 Å². The van der Waals surface area contributed by atoms with Crippen LogP contribution in [0.25, 0.3) is 0 Å². The van der Waals surface area contributed by atoms with E-state index in [-0.39, 0.29) is 12.1 Å². The Balaban J connectivity index is 1.87. The van der Waals surface area contributed by atoms with Crippen LogP contribution in [0.4, 0.5) is 0 Å². The van der Waals surface area contributed by atoms with E-state index in [1.165, 1.54) is 18.4 Å². The fourth-order valence-corrected chi connectivity index (χ4v) is 3.13. The van der Waals surface area contributed by atoms with Crippen molar-refractivity contribution in [2.75, 3.05) is 26.3 Å². The van der Waals surface area contributed by atoms with Crippen LogP contribution in [-0.4, -0.2) is 43.3 Å². The summed E-state index contributed by atoms with van der Waals surface area (Å²) in [7, 11) is 0. The van der Waals surface area contributed by atoms with Crippen molar-refractivity contribution in [3.05, 3.63) is 29.8 Å². The molecule has 2 fully saturated rings. The van der Waals surface area contributed by atoms with Crippen LogP contribution in [-0.2, 0) is 4.74 Å². The minimum atomic E-state index is 0.0845. The lowest BCUT2D eigenvalue weighted by atomic mass is 9.97. The molecule has 2 unspecified atom stereocenters. The molecule has 2 atom stereocenters. The molecule has 1 saturated heterocycles. The summed E-state index contributed by atoms with van der Waals surface area (Å²) in [6.45, 7) is 5.06. The second kappa shape index (κ2) is 6.12. The first-order chi connectivity index (χ1) is 9.83. The van der Waals surface area contributed by atoms with Gasteiger partial charge < -0.3 is 15.2 Å². The average Bonchev–Trinajstić information content (AvgIpc) is 3.31. The number of rotatable bonds is 5. The van der Waals surface area contributed by atoms with Crippen molar-refractivity contribution in [3.8, 4) is 5.75 Å². The largest absolute Gasteiger partial charge is 0.494 e. The van der Waals surface area contributed by atoms with Crippen molar-refractivity contribution in [1.82, 2.24) is 4.90 Å². The monoisotopic (exact) mass is 276 g/mol. The number of benzene rings is 1. The van der Waals surface area contributed by atoms with Gasteiger partial charge >= 0.3 is 0 Å². The van der Waals surface area contributed by atoms with Crippen molar-refractivity contribution in [1.29, 1.82) is 0 Å². The van der Waals surface area contributed by atoms with Gasteiger partial charge in [0, 0.05) is 19.1 Å². The van der Waals surface area contributed by atoms with Gasteiger partial charge in [0.25, 0.3) is 0 Å². The minimum absolute atomic E-state index is 0.0845. The highest BCUT2D eigenvalue weighted by molar-refractivity contribution is 5.32. The number of nitrogens with zero attached hydrogens (tertiary/aromatic N) is 1. The van der Waals surface area contributed by atoms with E-state index in [0.717, 1.165) is 18.9 Å². The van der Waals surface area contributed by atoms with E-state index in [1.54, 1.807) is 0 Å². The third kappa shape index (κ3) is 2.82. The lowest BCUT2D eigenvalue weighted by Gasteiger charge is -2.41. The number of ether oxygens (including phenoxy) is 2. The van der Waals surface area contributed by atoms with Gasteiger partial charge in [0.05, 0.1) is 25.4 Å². The van der Waals surface area contributed by atoms with Gasteiger partial charge in [0.1, 0.15) is 5.75 Å². The molecule has 0 bridgehead atoms. The second-order valence-electron chi connectivity index (χ2n) is 5.56. The fraction of sp³-hybridized carbons (Fsp3) is 0.625. The van der Waals surface area contributed by atoms with E-state index < -0.39 is 0 Å². The van der Waals surface area contributed by atoms with E-state index >= 15 is 0 Å². The second-order valence-corrected chi connectivity index (χ2v) is 5.56. The average molecular weight is 276 g/mol. The predicted octanol–water partition coefficient (Wildman–Crippen LogP) is 1.95. The van der Waals surface area contributed by atoms with Gasteiger partial charge in [-0.25, -0.2) is 0 Å². The zero-order chi connectivity index (χ0) is 13.9. The number of morpholine rings is 1. The molecule has 2 aliphatic rings. The number of hydrogen-bond donors (Lipinski definition) is 1. The summed E-state index contributed by atoms with van der Waals surface area (Å²) in [5.74, 6) is 0.932. The Labute approximate surface area is 120 Å². The molecule has 110 valence electrons. The van der Waals surface area contributed by atoms with E-state index in [2.05, 4.69) is 23.1 Å². The fourth-order valence-electron chi connectivity index (χ4n) is 3.13. The lowest BCUT2D eigenvalue weighted by molar-refractivity contribution is -0.0712. The molecule has 1 saturated carbocycles. The Morgan fingerprint density at radius 3 is 2.95 bits per heavy atom. The number of hydrogen-bond acceptors (Lipinski definition) is 4. The van der Waals surface area contributed by atoms with Crippen LogP contribution in [0.3, 0.4) is 0 Å². The van der Waals surface area contributed by atoms with Gasteiger partial charge in [-0.15, -0.1) is 0 Å². The molecule has 1 aromatic rings. The van der Waals surface area contributed by atoms with Crippen LogP contribution < -0.4 is 10.5 Å². The van der Waals surface area contributed by atoms with Crippen LogP contribution >= 0.6 is 0 Å². The van der Waals surface area contributed by atoms with Crippen molar-refractivity contribution in [2.45, 2.75) is 38.0 Å². The van der Waals surface area contributed by atoms with Crippen LogP contribution in [0, 0.1) is 0 Å². The maximum absolute atomic E-state index is 5.93. The molecule has 1 aliphatic heterocycles. The van der Waals surface area contributed by atoms with Gasteiger partial charge in [-0.1, -0.05) is 12.1 Å². The Hall–Kier alpha value is -1.10. The summed E-state index contributed by atoms with van der Waals surface area (Å²) in [5, 5.41) is 0. The zero-order valence-corrected chi connectivity index (χ0v) is 12.1. The zero-order valence-electron chi connectivity index (χ0n) is 12.1. The first kappa shape index (κ1) is 13.9. The van der Waals surface area contributed by atoms with Gasteiger partial charge in [-0.3, -0.25) is 4.90 Å². The Bertz CT molecular complexity index is 448. The molecule has 4 heteroatoms. The number of nitrogens with two attached hydrogens (primary N) is 1. The Kier molecular flexibility index (Phi) is 4.24. The van der Waals surface area contributed by atoms with Gasteiger partial charge in [0.15, 0.2) is 0 Å². The Morgan fingerprint density at radius 1 is 1.40 bits per heavy atom. The Morgan fingerprint density at radius 2 is 2.25 bits per heavy atom. The third-order valence-electron chi connectivity index (χ3n) is 4.15. The van der Waals surface area contributed by atoms with Crippen LogP contribution in [0.5, 0.6) is 5.75 Å². The first-order valence-electron chi connectivity index (χ1n) is 7.63. The standard InChI is InChI=1S/C16H24N2O2/c1-2-19-14-5-3-4-12(10-14)16-15(11-17)20-9-8-18(16)13-6-7-13/h3-5,10,13,15-16H,2,6-9,11,17H2,1H3. The molecule has 0 amide bonds. The molecule has 0 spiro atoms. The smallest absolute Gasteiger partial charge is 0.119 e. The van der Waals surface area contributed by atoms with E-state index in [1.807, 2.05) is 13.0 Å². The summed E-state index contributed by atoms with van der Waals surface area (Å²) in [6.07, 6.45) is 2.69. The molecule has 2 N–H and O–H groups in total. The topological polar surface area (TPSA) is 47.7 Å². The normalized spacial score (nSPS) is 27.5. The summed E-state index contributed by atoms with van der Waals surface area (Å²) in [6, 6.07) is 9.36. The molecule has 4 nitrogen and oxygen atoms in total. The molecular formula is C16H24N2O2. The van der Waals surface area contributed by atoms with Crippen molar-refractivity contribution in [3.63, 3.8) is 0 Å². The highest BCUT2D eigenvalue weighted by Gasteiger charge is 2.40. The third-order valence-corrected chi connectivity index (χ3v) is 4.15. The molecule has 1 heterocycles. The van der Waals surface area contributed by atoms with E-state index in [0.29, 0.717) is 19.2 Å². The lowest BCUT2D eigenvalue weighted by Crippen LogP contribution is -2.49. The van der Waals surface area contributed by atoms with Crippen molar-refractivity contribution in [2.24, 2.45) is 5.73 Å². The van der Waals surface area contributed by atoms with E-state index in [9.17, 15) is 0 Å². The molecular weight excluding hydrogens is 252 g/mol. The molecule has 1 aliphatic carbocycles. The maximum atomic E-state index is 5.93. The summed E-state index contributed by atoms with van der Waals surface area (Å²) in [5.41, 5.74) is 7.19. The summed E-state index contributed by atoms with van der Waals surface area (Å²) < 4.78 is 11.5. The maximum Gasteiger partial charge on any atom is 0.119 e. The minimum Gasteiger partial charge on any atom is -0.494 e.